The van der Waals surface area contributed by atoms with Crippen molar-refractivity contribution in [3.05, 3.63) is 74.1 Å². The minimum absolute atomic E-state index is 0. The molecule has 0 aromatic heterocycles. The summed E-state index contributed by atoms with van der Waals surface area (Å²) in [6.45, 7) is 14.2. The Labute approximate surface area is 233 Å². The van der Waals surface area contributed by atoms with E-state index in [1.807, 2.05) is 6.49 Å². The van der Waals surface area contributed by atoms with Crippen molar-refractivity contribution in [1.29, 1.82) is 0 Å². The van der Waals surface area contributed by atoms with E-state index in [4.69, 9.17) is 0 Å². The molecule has 0 bridgehead atoms. The molecule has 5 rings (SSSR count). The van der Waals surface area contributed by atoms with Gasteiger partial charge < -0.3 is 0 Å². The summed E-state index contributed by atoms with van der Waals surface area (Å²) in [4.78, 5) is 0. The summed E-state index contributed by atoms with van der Waals surface area (Å²) in [7, 11) is 0. The van der Waals surface area contributed by atoms with Crippen LogP contribution < -0.4 is 3.27 Å². The molecule has 0 unspecified atom stereocenters. The van der Waals surface area contributed by atoms with Gasteiger partial charge in [-0.05, 0) is 0 Å². The molecule has 0 N–H and O–H groups in total. The number of hydrogen-bond acceptors (Lipinski definition) is 0. The Hall–Kier alpha value is -0.747. The van der Waals surface area contributed by atoms with Crippen LogP contribution in [0.4, 0.5) is 0 Å². The SMILES string of the molecule is CC(C)(C)c1ccc2c(c1)-c1cc(C(C)(C)C)c[c]([Zr]([C]3=CC=CC3)=[C]3CCCCC3)c1C2.Cl.Cl. The van der Waals surface area contributed by atoms with E-state index in [-0.39, 0.29) is 35.6 Å². The van der Waals surface area contributed by atoms with Crippen LogP contribution in [-0.2, 0) is 38.5 Å². The van der Waals surface area contributed by atoms with Crippen molar-refractivity contribution < 1.29 is 21.3 Å². The molecule has 0 atom stereocenters. The van der Waals surface area contributed by atoms with Crippen molar-refractivity contribution in [3.63, 3.8) is 0 Å². The van der Waals surface area contributed by atoms with Crippen molar-refractivity contribution in [3.8, 4) is 11.1 Å². The third-order valence-corrected chi connectivity index (χ3v) is 15.8. The van der Waals surface area contributed by atoms with Gasteiger partial charge in [-0.25, -0.2) is 0 Å². The van der Waals surface area contributed by atoms with Gasteiger partial charge in [0.25, 0.3) is 0 Å². The van der Waals surface area contributed by atoms with Crippen LogP contribution >= 0.6 is 24.8 Å². The smallest absolute Gasteiger partial charge is 0.147 e. The van der Waals surface area contributed by atoms with Crippen LogP contribution in [0.2, 0.25) is 0 Å². The van der Waals surface area contributed by atoms with Crippen molar-refractivity contribution in [2.75, 3.05) is 0 Å². The van der Waals surface area contributed by atoms with E-state index in [1.165, 1.54) is 55.2 Å². The zero-order chi connectivity index (χ0) is 23.4. The summed E-state index contributed by atoms with van der Waals surface area (Å²) in [5, 5.41) is 0. The molecular weight excluding hydrogens is 546 g/mol. The van der Waals surface area contributed by atoms with Crippen LogP contribution in [0.15, 0.2) is 51.8 Å². The first-order chi connectivity index (χ1) is 15.6. The first-order valence-electron chi connectivity index (χ1n) is 13.0. The fraction of sp³-hybridized carbons (Fsp3) is 0.469. The summed E-state index contributed by atoms with van der Waals surface area (Å²) in [6.07, 6.45) is 16.6. The summed E-state index contributed by atoms with van der Waals surface area (Å²) in [5.41, 5.74) is 9.64. The maximum absolute atomic E-state index is 2.69. The third-order valence-electron chi connectivity index (χ3n) is 7.92. The average molecular weight is 589 g/mol. The Bertz CT molecular complexity index is 1190. The zero-order valence-electron chi connectivity index (χ0n) is 22.4. The molecule has 0 heterocycles. The van der Waals surface area contributed by atoms with Crippen LogP contribution in [0.25, 0.3) is 11.1 Å². The molecule has 3 aliphatic carbocycles. The molecule has 2 aromatic carbocycles. The zero-order valence-corrected chi connectivity index (χ0v) is 26.5. The maximum Gasteiger partial charge on any atom is -0.147 e. The Morgan fingerprint density at radius 1 is 0.743 bits per heavy atom. The molecule has 1 saturated carbocycles. The van der Waals surface area contributed by atoms with Crippen molar-refractivity contribution in [1.82, 2.24) is 0 Å². The summed E-state index contributed by atoms with van der Waals surface area (Å²) in [6, 6.07) is 12.6. The van der Waals surface area contributed by atoms with Crippen molar-refractivity contribution in [2.45, 2.75) is 97.3 Å². The normalized spacial score (nSPS) is 16.7. The van der Waals surface area contributed by atoms with Crippen LogP contribution in [0.3, 0.4) is 0 Å². The molecule has 0 amide bonds. The maximum atomic E-state index is 2.69. The summed E-state index contributed by atoms with van der Waals surface area (Å²) in [5.74, 6) is 0. The molecule has 0 nitrogen and oxygen atoms in total. The van der Waals surface area contributed by atoms with E-state index in [0.29, 0.717) is 0 Å². The van der Waals surface area contributed by atoms with E-state index in [1.54, 1.807) is 20.0 Å². The largest absolute Gasteiger partial charge is 0.147 e. The van der Waals surface area contributed by atoms with Gasteiger partial charge in [0.2, 0.25) is 0 Å². The van der Waals surface area contributed by atoms with Gasteiger partial charge in [-0.15, -0.1) is 24.8 Å². The standard InChI is InChI=1S/C21H25.C6H10.C5H5.2ClH.Zr/c1-20(2,3)16-9-7-14-11-15-8-10-17(21(4,5)6)13-19(15)18(14)12-16;1-2-4-6-5-3-1;1-2-4-5-3-1;;;/h7,9-10,12-13H,11H2,1-6H3;1-5H2;1-3H,4H2;2*1H;. The second kappa shape index (κ2) is 10.9. The molecule has 0 spiro atoms. The van der Waals surface area contributed by atoms with Crippen LogP contribution in [0, 0.1) is 0 Å². The minimum Gasteiger partial charge on any atom is -0.147 e. The molecular formula is C32H42Cl2Zr. The van der Waals surface area contributed by atoms with Crippen molar-refractivity contribution in [2.24, 2.45) is 0 Å². The fourth-order valence-electron chi connectivity index (χ4n) is 5.85. The first kappa shape index (κ1) is 28.8. The van der Waals surface area contributed by atoms with Gasteiger partial charge in [-0.1, -0.05) is 0 Å². The van der Waals surface area contributed by atoms with Gasteiger partial charge >= 0.3 is 210 Å². The molecule has 0 radical (unpaired) electrons. The number of rotatable bonds is 2. The predicted molar refractivity (Wildman–Crippen MR) is 156 cm³/mol. The minimum atomic E-state index is -2.09. The summed E-state index contributed by atoms with van der Waals surface area (Å²) >= 11 is -2.09. The topological polar surface area (TPSA) is 0 Å². The second-order valence-electron chi connectivity index (χ2n) is 12.5. The monoisotopic (exact) mass is 586 g/mol. The van der Waals surface area contributed by atoms with E-state index in [2.05, 4.69) is 90.1 Å². The van der Waals surface area contributed by atoms with E-state index in [9.17, 15) is 0 Å². The Morgan fingerprint density at radius 2 is 1.40 bits per heavy atom. The van der Waals surface area contributed by atoms with Gasteiger partial charge in [0.1, 0.15) is 0 Å². The van der Waals surface area contributed by atoms with E-state index >= 15 is 0 Å². The fourth-order valence-corrected chi connectivity index (χ4v) is 14.3. The van der Waals surface area contributed by atoms with Gasteiger partial charge in [-0.2, -0.15) is 0 Å². The molecule has 0 aliphatic heterocycles. The van der Waals surface area contributed by atoms with E-state index < -0.39 is 21.3 Å². The average Bonchev–Trinajstić information content (AvgIpc) is 3.41. The predicted octanol–water partition coefficient (Wildman–Crippen LogP) is 8.92. The molecule has 3 heteroatoms. The second-order valence-corrected chi connectivity index (χ2v) is 18.9. The number of allylic oxidation sites excluding steroid dienone is 4. The summed E-state index contributed by atoms with van der Waals surface area (Å²) < 4.78 is 5.60. The van der Waals surface area contributed by atoms with Crippen LogP contribution in [-0.4, -0.2) is 3.21 Å². The van der Waals surface area contributed by atoms with Crippen LogP contribution in [0.1, 0.15) is 102 Å². The quantitative estimate of drug-likeness (QED) is 0.280. The molecule has 0 saturated heterocycles. The molecule has 188 valence electrons. The van der Waals surface area contributed by atoms with Crippen LogP contribution in [0.5, 0.6) is 0 Å². The van der Waals surface area contributed by atoms with Gasteiger partial charge in [0.15, 0.2) is 0 Å². The Morgan fingerprint density at radius 3 is 2.00 bits per heavy atom. The number of fused-ring (bicyclic) bond motifs is 3. The first-order valence-corrected chi connectivity index (χ1v) is 16.7. The number of halogens is 2. The molecule has 1 fully saturated rings. The van der Waals surface area contributed by atoms with Crippen molar-refractivity contribution >= 4 is 31.3 Å². The Balaban J connectivity index is 0.00000171. The van der Waals surface area contributed by atoms with Gasteiger partial charge in [0.05, 0.1) is 0 Å². The molecule has 3 aliphatic rings. The molecule has 35 heavy (non-hydrogen) atoms. The third kappa shape index (κ3) is 5.74. The number of hydrogen-bond donors (Lipinski definition) is 0. The molecule has 2 aromatic rings. The van der Waals surface area contributed by atoms with E-state index in [0.717, 1.165) is 6.42 Å². The van der Waals surface area contributed by atoms with Gasteiger partial charge in [-0.3, -0.25) is 0 Å². The van der Waals surface area contributed by atoms with Gasteiger partial charge in [0, 0.05) is 0 Å². The Kier molecular flexibility index (Phi) is 9.00. The number of benzene rings is 2.